The van der Waals surface area contributed by atoms with Crippen LogP contribution in [-0.4, -0.2) is 27.4 Å². The summed E-state index contributed by atoms with van der Waals surface area (Å²) in [6.45, 7) is 1.91. The van der Waals surface area contributed by atoms with E-state index in [1.807, 2.05) is 18.2 Å². The normalized spacial score (nSPS) is 10.2. The first-order valence-corrected chi connectivity index (χ1v) is 5.30. The molecule has 0 atom stereocenters. The van der Waals surface area contributed by atoms with E-state index < -0.39 is 0 Å². The fourth-order valence-electron chi connectivity index (χ4n) is 1.35. The van der Waals surface area contributed by atoms with E-state index in [1.165, 1.54) is 0 Å². The molecule has 0 fully saturated rings. The van der Waals surface area contributed by atoms with Gasteiger partial charge in [-0.15, -0.1) is 0 Å². The summed E-state index contributed by atoms with van der Waals surface area (Å²) in [7, 11) is 3.24. The lowest BCUT2D eigenvalue weighted by atomic mass is 10.2. The van der Waals surface area contributed by atoms with Crippen LogP contribution in [-0.2, 0) is 11.3 Å². The van der Waals surface area contributed by atoms with E-state index in [2.05, 4.69) is 0 Å². The number of nitrogens with two attached hydrogens (primary N) is 1. The molecule has 0 amide bonds. The van der Waals surface area contributed by atoms with Crippen molar-refractivity contribution in [1.29, 1.82) is 0 Å². The van der Waals surface area contributed by atoms with Gasteiger partial charge in [-0.05, 0) is 30.7 Å². The van der Waals surface area contributed by atoms with Crippen LogP contribution in [0.1, 0.15) is 12.0 Å². The molecule has 0 aliphatic carbocycles. The molecule has 0 aliphatic heterocycles. The minimum atomic E-state index is 0.570. The number of rotatable bonds is 7. The number of benzene rings is 1. The predicted octanol–water partition coefficient (Wildman–Crippen LogP) is 1.57. The van der Waals surface area contributed by atoms with Gasteiger partial charge >= 0.3 is 0 Å². The van der Waals surface area contributed by atoms with E-state index in [-0.39, 0.29) is 0 Å². The number of hydrogen-bond donors (Lipinski definition) is 1. The third-order valence-electron chi connectivity index (χ3n) is 2.21. The van der Waals surface area contributed by atoms with Crippen LogP contribution in [0.4, 0.5) is 0 Å². The largest absolute Gasteiger partial charge is 0.493 e. The maximum absolute atomic E-state index is 5.46. The molecule has 90 valence electrons. The molecular weight excluding hydrogens is 206 g/mol. The van der Waals surface area contributed by atoms with Gasteiger partial charge in [-0.1, -0.05) is 6.07 Å². The van der Waals surface area contributed by atoms with Crippen molar-refractivity contribution in [3.05, 3.63) is 23.8 Å². The Bertz CT molecular complexity index is 315. The molecule has 0 heterocycles. The third-order valence-corrected chi connectivity index (χ3v) is 2.21. The predicted molar refractivity (Wildman–Crippen MR) is 62.9 cm³/mol. The van der Waals surface area contributed by atoms with Gasteiger partial charge in [0.1, 0.15) is 0 Å². The zero-order valence-corrected chi connectivity index (χ0v) is 9.86. The Balaban J connectivity index is 2.54. The summed E-state index contributed by atoms with van der Waals surface area (Å²) in [6.07, 6.45) is 0.882. The van der Waals surface area contributed by atoms with Gasteiger partial charge < -0.3 is 19.9 Å². The lowest BCUT2D eigenvalue weighted by Crippen LogP contribution is -2.04. The van der Waals surface area contributed by atoms with Crippen LogP contribution < -0.4 is 15.2 Å². The van der Waals surface area contributed by atoms with Crippen molar-refractivity contribution in [3.8, 4) is 11.5 Å². The van der Waals surface area contributed by atoms with Gasteiger partial charge in [0.25, 0.3) is 0 Å². The molecule has 0 bridgehead atoms. The molecule has 1 rings (SSSR count). The Labute approximate surface area is 96.3 Å². The number of ether oxygens (including phenoxy) is 3. The lowest BCUT2D eigenvalue weighted by molar-refractivity contribution is 0.119. The summed E-state index contributed by atoms with van der Waals surface area (Å²) in [6, 6.07) is 5.76. The highest BCUT2D eigenvalue weighted by atomic mass is 16.5. The van der Waals surface area contributed by atoms with E-state index in [9.17, 15) is 0 Å². The van der Waals surface area contributed by atoms with Crippen molar-refractivity contribution >= 4 is 0 Å². The quantitative estimate of drug-likeness (QED) is 0.716. The topological polar surface area (TPSA) is 53.7 Å². The molecule has 16 heavy (non-hydrogen) atoms. The summed E-state index contributed by atoms with van der Waals surface area (Å²) < 4.78 is 15.8. The highest BCUT2D eigenvalue weighted by Gasteiger charge is 2.04. The SMILES string of the molecule is COc1ccc(COCCCN)cc1OC. The van der Waals surface area contributed by atoms with Crippen molar-refractivity contribution in [3.63, 3.8) is 0 Å². The Hall–Kier alpha value is -1.26. The van der Waals surface area contributed by atoms with Crippen LogP contribution in [0, 0.1) is 0 Å². The standard InChI is InChI=1S/C12H19NO3/c1-14-11-5-4-10(8-12(11)15-2)9-16-7-3-6-13/h4-5,8H,3,6-7,9,13H2,1-2H3. The van der Waals surface area contributed by atoms with E-state index in [0.29, 0.717) is 19.8 Å². The van der Waals surface area contributed by atoms with E-state index >= 15 is 0 Å². The summed E-state index contributed by atoms with van der Waals surface area (Å²) >= 11 is 0. The Morgan fingerprint density at radius 2 is 1.88 bits per heavy atom. The highest BCUT2D eigenvalue weighted by molar-refractivity contribution is 5.42. The van der Waals surface area contributed by atoms with Crippen molar-refractivity contribution in [2.75, 3.05) is 27.4 Å². The van der Waals surface area contributed by atoms with Crippen LogP contribution in [0.3, 0.4) is 0 Å². The van der Waals surface area contributed by atoms with Gasteiger partial charge in [0.05, 0.1) is 20.8 Å². The van der Waals surface area contributed by atoms with Crippen LogP contribution in [0.15, 0.2) is 18.2 Å². The van der Waals surface area contributed by atoms with Crippen LogP contribution in [0.2, 0.25) is 0 Å². The average Bonchev–Trinajstić information content (AvgIpc) is 2.34. The first-order valence-electron chi connectivity index (χ1n) is 5.30. The minimum Gasteiger partial charge on any atom is -0.493 e. The Kier molecular flexibility index (Phi) is 5.67. The third kappa shape index (κ3) is 3.72. The smallest absolute Gasteiger partial charge is 0.161 e. The van der Waals surface area contributed by atoms with Gasteiger partial charge in [-0.3, -0.25) is 0 Å². The first-order chi connectivity index (χ1) is 7.81. The van der Waals surface area contributed by atoms with Crippen molar-refractivity contribution in [2.24, 2.45) is 5.73 Å². The molecule has 0 unspecified atom stereocenters. The second-order valence-electron chi connectivity index (χ2n) is 3.38. The van der Waals surface area contributed by atoms with Gasteiger partial charge in [0.2, 0.25) is 0 Å². The molecular formula is C12H19NO3. The minimum absolute atomic E-state index is 0.570. The molecule has 0 saturated heterocycles. The van der Waals surface area contributed by atoms with Gasteiger partial charge in [0, 0.05) is 6.61 Å². The second-order valence-corrected chi connectivity index (χ2v) is 3.38. The first kappa shape index (κ1) is 12.8. The van der Waals surface area contributed by atoms with E-state index in [4.69, 9.17) is 19.9 Å². The summed E-state index contributed by atoms with van der Waals surface area (Å²) in [5, 5.41) is 0. The lowest BCUT2D eigenvalue weighted by Gasteiger charge is -2.09. The molecule has 0 radical (unpaired) electrons. The Morgan fingerprint density at radius 1 is 1.12 bits per heavy atom. The Morgan fingerprint density at radius 3 is 2.50 bits per heavy atom. The molecule has 1 aromatic rings. The van der Waals surface area contributed by atoms with Crippen LogP contribution in [0.5, 0.6) is 11.5 Å². The van der Waals surface area contributed by atoms with Crippen LogP contribution >= 0.6 is 0 Å². The highest BCUT2D eigenvalue weighted by Crippen LogP contribution is 2.27. The molecule has 0 saturated carbocycles. The van der Waals surface area contributed by atoms with Crippen LogP contribution in [0.25, 0.3) is 0 Å². The van der Waals surface area contributed by atoms with Gasteiger partial charge in [-0.2, -0.15) is 0 Å². The fourth-order valence-corrected chi connectivity index (χ4v) is 1.35. The molecule has 0 aromatic heterocycles. The maximum Gasteiger partial charge on any atom is 0.161 e. The summed E-state index contributed by atoms with van der Waals surface area (Å²) in [5.41, 5.74) is 6.44. The van der Waals surface area contributed by atoms with Crippen molar-refractivity contribution in [2.45, 2.75) is 13.0 Å². The van der Waals surface area contributed by atoms with Gasteiger partial charge in [-0.25, -0.2) is 0 Å². The summed E-state index contributed by atoms with van der Waals surface area (Å²) in [4.78, 5) is 0. The molecule has 4 nitrogen and oxygen atoms in total. The average molecular weight is 225 g/mol. The molecule has 1 aromatic carbocycles. The van der Waals surface area contributed by atoms with Crippen molar-refractivity contribution < 1.29 is 14.2 Å². The summed E-state index contributed by atoms with van der Waals surface area (Å²) in [5.74, 6) is 1.45. The van der Waals surface area contributed by atoms with Gasteiger partial charge in [0.15, 0.2) is 11.5 Å². The molecule has 0 spiro atoms. The molecule has 0 aliphatic rings. The van der Waals surface area contributed by atoms with E-state index in [0.717, 1.165) is 23.5 Å². The van der Waals surface area contributed by atoms with Crippen molar-refractivity contribution in [1.82, 2.24) is 0 Å². The second kappa shape index (κ2) is 7.09. The maximum atomic E-state index is 5.46. The number of methoxy groups -OCH3 is 2. The number of hydrogen-bond acceptors (Lipinski definition) is 4. The molecule has 2 N–H and O–H groups in total. The molecule has 4 heteroatoms. The zero-order valence-electron chi connectivity index (χ0n) is 9.86. The van der Waals surface area contributed by atoms with E-state index in [1.54, 1.807) is 14.2 Å². The zero-order chi connectivity index (χ0) is 11.8. The fraction of sp³-hybridized carbons (Fsp3) is 0.500. The monoisotopic (exact) mass is 225 g/mol.